The summed E-state index contributed by atoms with van der Waals surface area (Å²) in [6.07, 6.45) is 3.09. The van der Waals surface area contributed by atoms with Gasteiger partial charge < -0.3 is 37.1 Å². The number of alkyl halides is 4. The summed E-state index contributed by atoms with van der Waals surface area (Å²) >= 11 is 0. The van der Waals surface area contributed by atoms with E-state index in [9.17, 15) is 36.7 Å². The Hall–Kier alpha value is -5.39. The highest BCUT2D eigenvalue weighted by Gasteiger charge is 2.65. The first-order valence-electron chi connectivity index (χ1n) is 19.2. The lowest BCUT2D eigenvalue weighted by molar-refractivity contribution is -0.231. The minimum Gasteiger partial charge on any atom is -0.477 e. The third kappa shape index (κ3) is 9.11. The maximum absolute atomic E-state index is 14.2. The number of amides is 3. The summed E-state index contributed by atoms with van der Waals surface area (Å²) in [5, 5.41) is 27.3. The van der Waals surface area contributed by atoms with Gasteiger partial charge in [-0.25, -0.2) is 4.79 Å². The summed E-state index contributed by atoms with van der Waals surface area (Å²) in [7, 11) is 0. The molecule has 7 rings (SSSR count). The van der Waals surface area contributed by atoms with E-state index in [1.54, 1.807) is 0 Å². The molecule has 13 nitrogen and oxygen atoms in total. The molecule has 1 aromatic heterocycles. The van der Waals surface area contributed by atoms with E-state index in [0.29, 0.717) is 42.7 Å². The highest BCUT2D eigenvalue weighted by Crippen LogP contribution is 2.43. The number of nitrogens with one attached hydrogen (secondary N) is 5. The summed E-state index contributed by atoms with van der Waals surface area (Å²) < 4.78 is 55.9. The van der Waals surface area contributed by atoms with Crippen molar-refractivity contribution in [1.82, 2.24) is 31.1 Å². The van der Waals surface area contributed by atoms with Gasteiger partial charge in [-0.3, -0.25) is 14.4 Å². The van der Waals surface area contributed by atoms with Crippen LogP contribution < -0.4 is 27.0 Å². The number of hydrogen-bond donors (Lipinski definition) is 7. The molecule has 2 heterocycles. The first-order chi connectivity index (χ1) is 27.7. The molecule has 1 saturated heterocycles. The van der Waals surface area contributed by atoms with Gasteiger partial charge >= 0.3 is 17.8 Å². The average Bonchev–Trinajstić information content (AvgIpc) is 3.56. The van der Waals surface area contributed by atoms with Crippen molar-refractivity contribution in [3.8, 4) is 22.5 Å². The number of nitrogens with zero attached hydrogens (tertiary/aromatic N) is 2. The van der Waals surface area contributed by atoms with Crippen LogP contribution in [0.15, 0.2) is 66.7 Å². The Morgan fingerprint density at radius 2 is 1.54 bits per heavy atom. The van der Waals surface area contributed by atoms with Crippen LogP contribution in [0.25, 0.3) is 22.5 Å². The fourth-order valence-electron chi connectivity index (χ4n) is 7.97. The maximum atomic E-state index is 14.2. The van der Waals surface area contributed by atoms with Crippen LogP contribution in [0.5, 0.6) is 0 Å². The first-order valence-corrected chi connectivity index (χ1v) is 19.2. The second-order valence-corrected chi connectivity index (χ2v) is 15.5. The van der Waals surface area contributed by atoms with Gasteiger partial charge in [0, 0.05) is 48.3 Å². The van der Waals surface area contributed by atoms with Crippen molar-refractivity contribution in [2.45, 2.75) is 63.0 Å². The number of benzene rings is 3. The number of carboxylic acids is 1. The monoisotopic (exact) mass is 840 g/mol. The van der Waals surface area contributed by atoms with Crippen LogP contribution in [0.3, 0.4) is 0 Å². The molecule has 0 bridgehead atoms. The Morgan fingerprint density at radius 3 is 2.15 bits per heavy atom. The van der Waals surface area contributed by atoms with Crippen LogP contribution in [-0.4, -0.2) is 81.6 Å². The van der Waals surface area contributed by atoms with Crippen LogP contribution in [0.1, 0.15) is 53.0 Å². The van der Waals surface area contributed by atoms with E-state index in [1.807, 2.05) is 54.4 Å². The lowest BCUT2D eigenvalue weighted by atomic mass is 9.81. The van der Waals surface area contributed by atoms with Crippen LogP contribution in [-0.2, 0) is 26.7 Å². The van der Waals surface area contributed by atoms with E-state index in [1.165, 1.54) is 24.3 Å². The molecule has 3 atom stereocenters. The van der Waals surface area contributed by atoms with Gasteiger partial charge in [0.2, 0.25) is 17.6 Å². The van der Waals surface area contributed by atoms with Crippen molar-refractivity contribution < 1.29 is 41.8 Å². The number of carbonyl (C=O) groups excluding carboxylic acids is 3. The number of hydrogen-bond acceptors (Lipinski definition) is 8. The van der Waals surface area contributed by atoms with Crippen molar-refractivity contribution in [3.05, 3.63) is 89.2 Å². The van der Waals surface area contributed by atoms with Gasteiger partial charge in [0.05, 0.1) is 0 Å². The average molecular weight is 841 g/mol. The molecule has 3 aliphatic rings. The summed E-state index contributed by atoms with van der Waals surface area (Å²) in [5.41, 5.74) is 10.4. The van der Waals surface area contributed by atoms with E-state index >= 15 is 0 Å². The normalized spacial score (nSPS) is 21.7. The van der Waals surface area contributed by atoms with Gasteiger partial charge in [-0.1, -0.05) is 30.3 Å². The molecule has 4 aromatic rings. The molecule has 3 amide bonds. The van der Waals surface area contributed by atoms with Crippen molar-refractivity contribution in [2.24, 2.45) is 29.4 Å². The standard InChI is InChI=1S/C41H44F4N8O5.ClH/c1-21-16-27(36(55)50-33-30-19-47-20-31(30)33)12-15-29(21)24-6-2-22(3-7-24)17-32(49-35(54)26-8-4-23(18-46)5-9-26)37(56)48-28-13-10-25(11-14-28)34-51-38(53-52-34)40(42,43)41(44,45)39(57)58;/h2-3,6-7,10-16,23,26,30-33,47H,4-5,8-9,17-20,46H2,1H3,(H,48,56)(H,49,54)(H,50,55)(H,57,58)(H,51,52,53);1H/t23-,26-,30?,31?,32-,33?;/m0./s1. The summed E-state index contributed by atoms with van der Waals surface area (Å²) in [6.45, 7) is 4.37. The minimum atomic E-state index is -5.44. The Morgan fingerprint density at radius 1 is 0.898 bits per heavy atom. The largest absolute Gasteiger partial charge is 0.477 e. The number of aromatic nitrogens is 3. The zero-order chi connectivity index (χ0) is 41.4. The third-order valence-corrected chi connectivity index (χ3v) is 11.6. The van der Waals surface area contributed by atoms with Gasteiger partial charge in [0.25, 0.3) is 5.91 Å². The second kappa shape index (κ2) is 17.5. The SMILES string of the molecule is Cc1cc(C(=O)NC2C3CNCC32)ccc1-c1ccc(C[C@H](NC(=O)[C@H]2CC[C@H](CN)CC2)C(=O)Nc2ccc(-c3nnc(C(F)(F)C(F)(F)C(=O)O)[nH]3)cc2)cc1.Cl. The zero-order valence-corrected chi connectivity index (χ0v) is 32.8. The molecule has 0 radical (unpaired) electrons. The highest BCUT2D eigenvalue weighted by molar-refractivity contribution is 5.98. The van der Waals surface area contributed by atoms with Gasteiger partial charge in [0.1, 0.15) is 6.04 Å². The van der Waals surface area contributed by atoms with E-state index < -0.39 is 35.6 Å². The van der Waals surface area contributed by atoms with E-state index in [4.69, 9.17) is 10.8 Å². The van der Waals surface area contributed by atoms with Gasteiger partial charge in [-0.15, -0.1) is 22.6 Å². The Kier molecular flexibility index (Phi) is 12.8. The number of aryl methyl sites for hydroxylation is 1. The van der Waals surface area contributed by atoms with Gasteiger partial charge in [-0.05, 0) is 116 Å². The third-order valence-electron chi connectivity index (χ3n) is 11.6. The van der Waals surface area contributed by atoms with Gasteiger partial charge in [0.15, 0.2) is 5.82 Å². The number of anilines is 1. The molecule has 2 saturated carbocycles. The van der Waals surface area contributed by atoms with E-state index in [-0.39, 0.29) is 59.7 Å². The molecule has 314 valence electrons. The fraction of sp³-hybridized carbons (Fsp3) is 0.415. The lowest BCUT2D eigenvalue weighted by Gasteiger charge is -2.28. The number of piperidine rings is 1. The highest BCUT2D eigenvalue weighted by atomic mass is 35.5. The lowest BCUT2D eigenvalue weighted by Crippen LogP contribution is -2.48. The predicted octanol–water partition coefficient (Wildman–Crippen LogP) is 5.06. The Labute approximate surface area is 343 Å². The number of nitrogens with two attached hydrogens (primary N) is 1. The maximum Gasteiger partial charge on any atom is 0.411 e. The smallest absolute Gasteiger partial charge is 0.411 e. The summed E-state index contributed by atoms with van der Waals surface area (Å²) in [6, 6.07) is 18.0. The molecule has 2 aliphatic carbocycles. The second-order valence-electron chi connectivity index (χ2n) is 15.5. The molecule has 2 unspecified atom stereocenters. The van der Waals surface area contributed by atoms with E-state index in [0.717, 1.165) is 48.2 Å². The van der Waals surface area contributed by atoms with Crippen LogP contribution >= 0.6 is 12.4 Å². The van der Waals surface area contributed by atoms with Crippen molar-refractivity contribution >= 4 is 41.8 Å². The van der Waals surface area contributed by atoms with Gasteiger partial charge in [-0.2, -0.15) is 17.6 Å². The number of aliphatic carboxylic acids is 1. The predicted molar refractivity (Wildman–Crippen MR) is 212 cm³/mol. The number of carbonyl (C=O) groups is 4. The zero-order valence-electron chi connectivity index (χ0n) is 31.9. The van der Waals surface area contributed by atoms with E-state index in [2.05, 4.69) is 31.5 Å². The fourth-order valence-corrected chi connectivity index (χ4v) is 7.97. The molecule has 8 N–H and O–H groups in total. The molecule has 59 heavy (non-hydrogen) atoms. The van der Waals surface area contributed by atoms with Crippen molar-refractivity contribution in [2.75, 3.05) is 25.0 Å². The quantitative estimate of drug-likeness (QED) is 0.0848. The number of carboxylic acid groups (broad SMARTS) is 1. The van der Waals surface area contributed by atoms with Crippen molar-refractivity contribution in [3.63, 3.8) is 0 Å². The molecule has 3 fully saturated rings. The minimum absolute atomic E-state index is 0. The Bertz CT molecular complexity index is 2170. The molecular weight excluding hydrogens is 796 g/mol. The molecular formula is C41H45ClF4N8O5. The topological polar surface area (TPSA) is 204 Å². The number of H-pyrrole nitrogens is 1. The number of aromatic amines is 1. The summed E-state index contributed by atoms with van der Waals surface area (Å²) in [4.78, 5) is 52.9. The van der Waals surface area contributed by atoms with Crippen LogP contribution in [0, 0.1) is 30.6 Å². The molecule has 3 aromatic carbocycles. The number of fused-ring (bicyclic) bond motifs is 1. The molecule has 1 aliphatic heterocycles. The molecule has 18 heteroatoms. The molecule has 0 spiro atoms. The van der Waals surface area contributed by atoms with Crippen LogP contribution in [0.2, 0.25) is 0 Å². The van der Waals surface area contributed by atoms with Crippen molar-refractivity contribution in [1.29, 1.82) is 0 Å². The summed E-state index contributed by atoms with van der Waals surface area (Å²) in [5.74, 6) is -15.3. The number of halogens is 5. The number of rotatable bonds is 14. The van der Waals surface area contributed by atoms with Crippen LogP contribution in [0.4, 0.5) is 23.2 Å². The Balaban J connectivity index is 0.00000585. The first kappa shape index (κ1) is 43.2.